The van der Waals surface area contributed by atoms with Crippen LogP contribution in [0.1, 0.15) is 35.4 Å². The van der Waals surface area contributed by atoms with E-state index in [9.17, 15) is 18.4 Å². The molecule has 3 aromatic rings. The van der Waals surface area contributed by atoms with E-state index in [2.05, 4.69) is 5.32 Å². The number of imide groups is 1. The first kappa shape index (κ1) is 21.0. The van der Waals surface area contributed by atoms with Gasteiger partial charge in [-0.2, -0.15) is 0 Å². The number of anilines is 1. The highest BCUT2D eigenvalue weighted by atomic mass is 19.1. The van der Waals surface area contributed by atoms with Gasteiger partial charge in [-0.25, -0.2) is 13.6 Å². The normalized spacial score (nSPS) is 11.4. The van der Waals surface area contributed by atoms with E-state index in [1.165, 1.54) is 0 Å². The molecule has 0 aromatic heterocycles. The molecule has 30 heavy (non-hydrogen) atoms. The maximum absolute atomic E-state index is 13.6. The lowest BCUT2D eigenvalue weighted by Gasteiger charge is -2.18. The zero-order valence-electron chi connectivity index (χ0n) is 16.2. The van der Waals surface area contributed by atoms with Crippen molar-refractivity contribution in [3.05, 3.63) is 95.6 Å². The summed E-state index contributed by atoms with van der Waals surface area (Å²) in [6.45, 7) is 2.00. The third-order valence-corrected chi connectivity index (χ3v) is 4.35. The van der Waals surface area contributed by atoms with Crippen LogP contribution in [0.3, 0.4) is 0 Å². The van der Waals surface area contributed by atoms with Crippen molar-refractivity contribution in [2.45, 2.75) is 19.4 Å². The van der Waals surface area contributed by atoms with E-state index >= 15 is 0 Å². The number of urea groups is 1. The van der Waals surface area contributed by atoms with Crippen molar-refractivity contribution in [2.75, 3.05) is 5.32 Å². The van der Waals surface area contributed by atoms with E-state index in [1.807, 2.05) is 42.6 Å². The van der Waals surface area contributed by atoms with Gasteiger partial charge in [-0.15, -0.1) is 0 Å². The van der Waals surface area contributed by atoms with Gasteiger partial charge in [0.1, 0.15) is 29.1 Å². The van der Waals surface area contributed by atoms with Gasteiger partial charge in [0.05, 0.1) is 0 Å². The van der Waals surface area contributed by atoms with Gasteiger partial charge in [-0.1, -0.05) is 43.3 Å². The van der Waals surface area contributed by atoms with Crippen molar-refractivity contribution in [2.24, 2.45) is 0 Å². The maximum atomic E-state index is 13.6. The van der Waals surface area contributed by atoms with E-state index in [-0.39, 0.29) is 6.10 Å². The molecule has 0 saturated heterocycles. The smallest absolute Gasteiger partial charge is 0.326 e. The van der Waals surface area contributed by atoms with Crippen LogP contribution in [0.4, 0.5) is 19.3 Å². The Balaban J connectivity index is 1.62. The molecule has 0 aliphatic carbocycles. The lowest BCUT2D eigenvalue weighted by molar-refractivity contribution is 0.0959. The predicted octanol–water partition coefficient (Wildman–Crippen LogP) is 5.46. The third-order valence-electron chi connectivity index (χ3n) is 4.35. The van der Waals surface area contributed by atoms with E-state index in [1.54, 1.807) is 24.3 Å². The van der Waals surface area contributed by atoms with Crippen LogP contribution >= 0.6 is 0 Å². The van der Waals surface area contributed by atoms with Crippen molar-refractivity contribution in [1.82, 2.24) is 5.32 Å². The molecular weight excluding hydrogens is 390 g/mol. The van der Waals surface area contributed by atoms with E-state index < -0.39 is 29.1 Å². The minimum Gasteiger partial charge on any atom is -0.486 e. The Morgan fingerprint density at radius 1 is 0.900 bits per heavy atom. The molecule has 1 atom stereocenters. The lowest BCUT2D eigenvalue weighted by atomic mass is 10.1. The SMILES string of the molecule is CCC(Oc1ccccc1)c1ccc(NC(=O)NC(=O)c2c(F)cccc2F)cc1. The summed E-state index contributed by atoms with van der Waals surface area (Å²) in [7, 11) is 0. The van der Waals surface area contributed by atoms with Crippen LogP contribution in [0.25, 0.3) is 0 Å². The number of carbonyl (C=O) groups is 2. The quantitative estimate of drug-likeness (QED) is 0.567. The van der Waals surface area contributed by atoms with Gasteiger partial charge in [0.15, 0.2) is 0 Å². The Kier molecular flexibility index (Phi) is 6.75. The molecule has 0 heterocycles. The summed E-state index contributed by atoms with van der Waals surface area (Å²) in [4.78, 5) is 24.0. The predicted molar refractivity (Wildman–Crippen MR) is 109 cm³/mol. The Morgan fingerprint density at radius 3 is 2.13 bits per heavy atom. The zero-order chi connectivity index (χ0) is 21.5. The number of amides is 3. The van der Waals surface area contributed by atoms with Gasteiger partial charge in [-0.3, -0.25) is 10.1 Å². The fourth-order valence-electron chi connectivity index (χ4n) is 2.87. The molecule has 3 amide bonds. The molecule has 0 fully saturated rings. The molecule has 2 N–H and O–H groups in total. The first-order valence-electron chi connectivity index (χ1n) is 9.36. The Morgan fingerprint density at radius 2 is 1.53 bits per heavy atom. The molecule has 0 radical (unpaired) electrons. The summed E-state index contributed by atoms with van der Waals surface area (Å²) in [5.41, 5.74) is 0.510. The minimum atomic E-state index is -1.16. The van der Waals surface area contributed by atoms with Crippen LogP contribution in [0.2, 0.25) is 0 Å². The monoisotopic (exact) mass is 410 g/mol. The maximum Gasteiger partial charge on any atom is 0.326 e. The molecule has 3 rings (SSSR count). The fraction of sp³-hybridized carbons (Fsp3) is 0.130. The molecule has 1 unspecified atom stereocenters. The fourth-order valence-corrected chi connectivity index (χ4v) is 2.87. The topological polar surface area (TPSA) is 67.4 Å². The van der Waals surface area contributed by atoms with Crippen molar-refractivity contribution in [1.29, 1.82) is 0 Å². The summed E-state index contributed by atoms with van der Waals surface area (Å²) in [6, 6.07) is 18.4. The van der Waals surface area contributed by atoms with Crippen molar-refractivity contribution in [3.8, 4) is 5.75 Å². The number of rotatable bonds is 6. The second kappa shape index (κ2) is 9.65. The Bertz CT molecular complexity index is 1000. The van der Waals surface area contributed by atoms with Crippen LogP contribution < -0.4 is 15.4 Å². The largest absolute Gasteiger partial charge is 0.486 e. The number of carbonyl (C=O) groups excluding carboxylic acids is 2. The number of ether oxygens (including phenoxy) is 1. The highest BCUT2D eigenvalue weighted by Gasteiger charge is 2.19. The van der Waals surface area contributed by atoms with Gasteiger partial charge in [-0.05, 0) is 48.4 Å². The molecule has 3 aromatic carbocycles. The lowest BCUT2D eigenvalue weighted by Crippen LogP contribution is -2.35. The van der Waals surface area contributed by atoms with Gasteiger partial charge in [0.2, 0.25) is 0 Å². The zero-order valence-corrected chi connectivity index (χ0v) is 16.2. The van der Waals surface area contributed by atoms with E-state index in [0.717, 1.165) is 35.9 Å². The van der Waals surface area contributed by atoms with Gasteiger partial charge in [0, 0.05) is 5.69 Å². The first-order valence-corrected chi connectivity index (χ1v) is 9.36. The molecular formula is C23H20F2N2O3. The van der Waals surface area contributed by atoms with E-state index in [4.69, 9.17) is 4.74 Å². The highest BCUT2D eigenvalue weighted by molar-refractivity contribution is 6.08. The van der Waals surface area contributed by atoms with Crippen molar-refractivity contribution in [3.63, 3.8) is 0 Å². The summed E-state index contributed by atoms with van der Waals surface area (Å²) >= 11 is 0. The standard InChI is InChI=1S/C23H20F2N2O3/c1-2-20(30-17-7-4-3-5-8-17)15-11-13-16(14-12-15)26-23(29)27-22(28)21-18(24)9-6-10-19(21)25/h3-14,20H,2H2,1H3,(H2,26,27,28,29). The third kappa shape index (κ3) is 5.20. The summed E-state index contributed by atoms with van der Waals surface area (Å²) in [6.07, 6.45) is 0.575. The second-order valence-electron chi connectivity index (χ2n) is 6.45. The molecule has 0 aliphatic rings. The molecule has 0 bridgehead atoms. The van der Waals surface area contributed by atoms with Crippen molar-refractivity contribution < 1.29 is 23.1 Å². The van der Waals surface area contributed by atoms with Gasteiger partial charge < -0.3 is 10.1 Å². The van der Waals surface area contributed by atoms with Crippen LogP contribution in [0.5, 0.6) is 5.75 Å². The molecule has 0 spiro atoms. The van der Waals surface area contributed by atoms with Gasteiger partial charge >= 0.3 is 6.03 Å². The van der Waals surface area contributed by atoms with E-state index in [0.29, 0.717) is 5.69 Å². The Labute approximate surface area is 172 Å². The number of hydrogen-bond acceptors (Lipinski definition) is 3. The number of benzene rings is 3. The van der Waals surface area contributed by atoms with Crippen LogP contribution in [-0.4, -0.2) is 11.9 Å². The number of halogens is 2. The van der Waals surface area contributed by atoms with Gasteiger partial charge in [0.25, 0.3) is 5.91 Å². The molecule has 5 nitrogen and oxygen atoms in total. The van der Waals surface area contributed by atoms with Crippen LogP contribution in [0, 0.1) is 11.6 Å². The number of para-hydroxylation sites is 1. The number of nitrogens with one attached hydrogen (secondary N) is 2. The van der Waals surface area contributed by atoms with Crippen molar-refractivity contribution >= 4 is 17.6 Å². The minimum absolute atomic E-state index is 0.166. The summed E-state index contributed by atoms with van der Waals surface area (Å²) < 4.78 is 33.3. The summed E-state index contributed by atoms with van der Waals surface area (Å²) in [5.74, 6) is -2.51. The average Bonchev–Trinajstić information content (AvgIpc) is 2.73. The molecule has 0 aliphatic heterocycles. The first-order chi connectivity index (χ1) is 14.5. The molecule has 7 heteroatoms. The average molecular weight is 410 g/mol. The van der Waals surface area contributed by atoms with Crippen LogP contribution in [0.15, 0.2) is 72.8 Å². The molecule has 0 saturated carbocycles. The number of hydrogen-bond donors (Lipinski definition) is 2. The molecule has 154 valence electrons. The Hall–Kier alpha value is -3.74. The highest BCUT2D eigenvalue weighted by Crippen LogP contribution is 2.25. The summed E-state index contributed by atoms with van der Waals surface area (Å²) in [5, 5.41) is 4.37. The second-order valence-corrected chi connectivity index (χ2v) is 6.45. The van der Waals surface area contributed by atoms with Crippen LogP contribution in [-0.2, 0) is 0 Å².